The average molecular weight is 486 g/mol. The van der Waals surface area contributed by atoms with E-state index in [1.54, 1.807) is 19.2 Å². The number of rotatable bonds is 9. The standard InChI is InChI=1S/C22H30F3N5O2S/c1-13(2)12-30(16-7-5-4-6-8-16)19-17(10-15(11-26-19)14(3)9-18(31)32)27-21-28-20(29-33-21)22(23,24)25/h10-11,13-14,16H,4-9,12H2,1-3H3,(H,31,32)(H,27,28,29). The summed E-state index contributed by atoms with van der Waals surface area (Å²) in [6.07, 6.45) is 2.48. The van der Waals surface area contributed by atoms with Crippen molar-refractivity contribution in [1.29, 1.82) is 0 Å². The predicted octanol–water partition coefficient (Wildman–Crippen LogP) is 6.07. The first kappa shape index (κ1) is 25.2. The van der Waals surface area contributed by atoms with Gasteiger partial charge in [-0.1, -0.05) is 40.0 Å². The third kappa shape index (κ3) is 6.78. The molecule has 1 aliphatic carbocycles. The number of nitrogens with one attached hydrogen (secondary N) is 1. The Labute approximate surface area is 195 Å². The highest BCUT2D eigenvalue weighted by atomic mass is 32.1. The van der Waals surface area contributed by atoms with E-state index in [-0.39, 0.29) is 23.5 Å². The molecule has 7 nitrogen and oxygen atoms in total. The number of carboxylic acid groups (broad SMARTS) is 1. The second-order valence-corrected chi connectivity index (χ2v) is 9.77. The summed E-state index contributed by atoms with van der Waals surface area (Å²) >= 11 is 0.633. The molecule has 0 amide bonds. The van der Waals surface area contributed by atoms with Crippen LogP contribution >= 0.6 is 11.5 Å². The zero-order valence-electron chi connectivity index (χ0n) is 19.0. The number of hydrogen-bond donors (Lipinski definition) is 2. The highest BCUT2D eigenvalue weighted by Gasteiger charge is 2.36. The van der Waals surface area contributed by atoms with Crippen molar-refractivity contribution in [3.63, 3.8) is 0 Å². The van der Waals surface area contributed by atoms with Gasteiger partial charge in [0.1, 0.15) is 0 Å². The number of nitrogens with zero attached hydrogens (tertiary/aromatic N) is 4. The van der Waals surface area contributed by atoms with Gasteiger partial charge >= 0.3 is 12.1 Å². The Bertz CT molecular complexity index is 944. The second kappa shape index (κ2) is 10.7. The quantitative estimate of drug-likeness (QED) is 0.445. The van der Waals surface area contributed by atoms with E-state index in [4.69, 9.17) is 4.98 Å². The number of aliphatic carboxylic acids is 1. The number of pyridine rings is 1. The molecule has 2 aromatic rings. The summed E-state index contributed by atoms with van der Waals surface area (Å²) < 4.78 is 42.4. The predicted molar refractivity (Wildman–Crippen MR) is 122 cm³/mol. The van der Waals surface area contributed by atoms with Gasteiger partial charge in [0.2, 0.25) is 11.0 Å². The van der Waals surface area contributed by atoms with E-state index < -0.39 is 18.0 Å². The van der Waals surface area contributed by atoms with Crippen molar-refractivity contribution >= 4 is 34.1 Å². The van der Waals surface area contributed by atoms with Crippen LogP contribution in [0, 0.1) is 5.92 Å². The smallest absolute Gasteiger partial charge is 0.452 e. The van der Waals surface area contributed by atoms with Crippen LogP contribution in [-0.2, 0) is 11.0 Å². The lowest BCUT2D eigenvalue weighted by atomic mass is 9.93. The maximum atomic E-state index is 13.0. The molecule has 0 aliphatic heterocycles. The Kier molecular flexibility index (Phi) is 8.14. The van der Waals surface area contributed by atoms with Crippen LogP contribution < -0.4 is 10.2 Å². The molecule has 1 unspecified atom stereocenters. The summed E-state index contributed by atoms with van der Waals surface area (Å²) in [7, 11) is 0. The molecule has 0 radical (unpaired) electrons. The van der Waals surface area contributed by atoms with Crippen LogP contribution in [0.15, 0.2) is 12.3 Å². The molecule has 11 heteroatoms. The Hall–Kier alpha value is -2.43. The summed E-state index contributed by atoms with van der Waals surface area (Å²) in [5.41, 5.74) is 1.21. The molecular weight excluding hydrogens is 455 g/mol. The highest BCUT2D eigenvalue weighted by Crippen LogP contribution is 2.37. The van der Waals surface area contributed by atoms with Crippen LogP contribution in [0.2, 0.25) is 0 Å². The molecule has 2 aromatic heterocycles. The van der Waals surface area contributed by atoms with Crippen LogP contribution in [0.4, 0.5) is 29.8 Å². The molecule has 0 aromatic carbocycles. The fourth-order valence-electron chi connectivity index (χ4n) is 4.14. The molecular formula is C22H30F3N5O2S. The third-order valence-corrected chi connectivity index (χ3v) is 6.34. The van der Waals surface area contributed by atoms with E-state index >= 15 is 0 Å². The number of hydrogen-bond acceptors (Lipinski definition) is 7. The number of carbonyl (C=O) groups is 1. The maximum Gasteiger partial charge on any atom is 0.452 e. The molecule has 1 fully saturated rings. The minimum absolute atomic E-state index is 0.0153. The van der Waals surface area contributed by atoms with Gasteiger partial charge in [0.05, 0.1) is 12.1 Å². The molecule has 33 heavy (non-hydrogen) atoms. The van der Waals surface area contributed by atoms with Crippen LogP contribution in [0.3, 0.4) is 0 Å². The topological polar surface area (TPSA) is 91.2 Å². The molecule has 1 saturated carbocycles. The number of carboxylic acids is 1. The minimum atomic E-state index is -4.62. The third-order valence-electron chi connectivity index (χ3n) is 5.71. The van der Waals surface area contributed by atoms with Crippen molar-refractivity contribution in [1.82, 2.24) is 14.3 Å². The number of halogens is 3. The van der Waals surface area contributed by atoms with Gasteiger partial charge in [0, 0.05) is 30.3 Å². The van der Waals surface area contributed by atoms with Crippen LogP contribution in [0.5, 0.6) is 0 Å². The summed E-state index contributed by atoms with van der Waals surface area (Å²) in [4.78, 5) is 21.7. The van der Waals surface area contributed by atoms with Crippen molar-refractivity contribution < 1.29 is 23.1 Å². The zero-order chi connectivity index (χ0) is 24.2. The van der Waals surface area contributed by atoms with E-state index in [9.17, 15) is 23.1 Å². The Morgan fingerprint density at radius 3 is 2.55 bits per heavy atom. The first-order valence-electron chi connectivity index (χ1n) is 11.2. The molecule has 0 spiro atoms. The molecule has 2 N–H and O–H groups in total. The lowest BCUT2D eigenvalue weighted by Gasteiger charge is -2.37. The van der Waals surface area contributed by atoms with Crippen molar-refractivity contribution in [2.45, 2.75) is 77.4 Å². The van der Waals surface area contributed by atoms with Crippen molar-refractivity contribution in [2.75, 3.05) is 16.8 Å². The largest absolute Gasteiger partial charge is 0.481 e. The lowest BCUT2D eigenvalue weighted by Crippen LogP contribution is -2.40. The van der Waals surface area contributed by atoms with E-state index in [0.29, 0.717) is 34.5 Å². The van der Waals surface area contributed by atoms with Crippen molar-refractivity contribution in [2.24, 2.45) is 5.92 Å². The van der Waals surface area contributed by atoms with Gasteiger partial charge in [0.15, 0.2) is 5.82 Å². The van der Waals surface area contributed by atoms with Crippen molar-refractivity contribution in [3.05, 3.63) is 23.7 Å². The monoisotopic (exact) mass is 485 g/mol. The Balaban J connectivity index is 2.01. The second-order valence-electron chi connectivity index (χ2n) is 9.02. The first-order chi connectivity index (χ1) is 15.5. The summed E-state index contributed by atoms with van der Waals surface area (Å²) in [6.45, 7) is 6.77. The van der Waals surface area contributed by atoms with Crippen molar-refractivity contribution in [3.8, 4) is 0 Å². The van der Waals surface area contributed by atoms with E-state index in [1.165, 1.54) is 6.42 Å². The average Bonchev–Trinajstić information content (AvgIpc) is 3.21. The van der Waals surface area contributed by atoms with E-state index in [0.717, 1.165) is 32.2 Å². The minimum Gasteiger partial charge on any atom is -0.481 e. The fourth-order valence-corrected chi connectivity index (χ4v) is 4.74. The summed E-state index contributed by atoms with van der Waals surface area (Å²) in [6, 6.07) is 2.07. The maximum absolute atomic E-state index is 13.0. The molecule has 1 atom stereocenters. The summed E-state index contributed by atoms with van der Waals surface area (Å²) in [5.74, 6) is -1.43. The van der Waals surface area contributed by atoms with Crippen LogP contribution in [0.1, 0.15) is 76.6 Å². The van der Waals surface area contributed by atoms with Gasteiger partial charge in [-0.15, -0.1) is 0 Å². The zero-order valence-corrected chi connectivity index (χ0v) is 19.8. The van der Waals surface area contributed by atoms with E-state index in [1.807, 2.05) is 0 Å². The summed E-state index contributed by atoms with van der Waals surface area (Å²) in [5, 5.41) is 12.2. The van der Waals surface area contributed by atoms with Gasteiger partial charge in [-0.3, -0.25) is 4.79 Å². The van der Waals surface area contributed by atoms with Gasteiger partial charge in [-0.05, 0) is 36.3 Å². The lowest BCUT2D eigenvalue weighted by molar-refractivity contribution is -0.144. The van der Waals surface area contributed by atoms with Gasteiger partial charge in [-0.2, -0.15) is 22.5 Å². The first-order valence-corrected chi connectivity index (χ1v) is 12.0. The van der Waals surface area contributed by atoms with E-state index in [2.05, 4.69) is 33.4 Å². The Morgan fingerprint density at radius 2 is 1.97 bits per heavy atom. The number of alkyl halides is 3. The molecule has 3 rings (SSSR count). The molecule has 182 valence electrons. The molecule has 0 bridgehead atoms. The van der Waals surface area contributed by atoms with Crippen LogP contribution in [-0.4, -0.2) is 38.0 Å². The van der Waals surface area contributed by atoms with Gasteiger partial charge in [0.25, 0.3) is 0 Å². The fraction of sp³-hybridized carbons (Fsp3) is 0.636. The molecule has 2 heterocycles. The molecule has 0 saturated heterocycles. The molecule has 1 aliphatic rings. The Morgan fingerprint density at radius 1 is 1.27 bits per heavy atom. The normalized spacial score (nSPS) is 16.1. The van der Waals surface area contributed by atoms with Crippen LogP contribution in [0.25, 0.3) is 0 Å². The van der Waals surface area contributed by atoms with Gasteiger partial charge in [-0.25, -0.2) is 4.98 Å². The van der Waals surface area contributed by atoms with Gasteiger partial charge < -0.3 is 15.3 Å². The number of aromatic nitrogens is 3. The number of anilines is 3. The highest BCUT2D eigenvalue weighted by molar-refractivity contribution is 7.09. The SMILES string of the molecule is CC(C)CN(c1ncc(C(C)CC(=O)O)cc1Nc1nc(C(F)(F)F)ns1)C1CCCCC1.